The normalized spacial score (nSPS) is 15.2. The fraction of sp³-hybridized carbons (Fsp3) is 0.526. The SMILES string of the molecule is CCCNC(=O)NC(=O)COC(=O)c1ccc(S(=O)(=O)N2CCCCCC2)cc1. The Bertz CT molecular complexity index is 815. The van der Waals surface area contributed by atoms with E-state index in [0.717, 1.165) is 32.1 Å². The Hall–Kier alpha value is -2.46. The number of esters is 1. The largest absolute Gasteiger partial charge is 0.452 e. The van der Waals surface area contributed by atoms with E-state index in [4.69, 9.17) is 4.74 Å². The zero-order chi connectivity index (χ0) is 21.3. The van der Waals surface area contributed by atoms with Crippen LogP contribution >= 0.6 is 0 Å². The van der Waals surface area contributed by atoms with Crippen LogP contribution in [0.5, 0.6) is 0 Å². The van der Waals surface area contributed by atoms with Gasteiger partial charge in [0, 0.05) is 19.6 Å². The summed E-state index contributed by atoms with van der Waals surface area (Å²) >= 11 is 0. The lowest BCUT2D eigenvalue weighted by Crippen LogP contribution is -2.41. The smallest absolute Gasteiger partial charge is 0.338 e. The lowest BCUT2D eigenvalue weighted by Gasteiger charge is -2.19. The number of nitrogens with one attached hydrogen (secondary N) is 2. The molecule has 29 heavy (non-hydrogen) atoms. The third kappa shape index (κ3) is 6.82. The second-order valence-corrected chi connectivity index (χ2v) is 8.66. The lowest BCUT2D eigenvalue weighted by molar-refractivity contribution is -0.123. The molecule has 1 aliphatic heterocycles. The van der Waals surface area contributed by atoms with Gasteiger partial charge in [0.2, 0.25) is 10.0 Å². The molecule has 0 bridgehead atoms. The molecule has 0 atom stereocenters. The van der Waals surface area contributed by atoms with Crippen LogP contribution in [0.3, 0.4) is 0 Å². The van der Waals surface area contributed by atoms with E-state index in [9.17, 15) is 22.8 Å². The highest BCUT2D eigenvalue weighted by molar-refractivity contribution is 7.89. The van der Waals surface area contributed by atoms with Gasteiger partial charge in [-0.05, 0) is 43.5 Å². The molecule has 0 aliphatic carbocycles. The fourth-order valence-electron chi connectivity index (χ4n) is 2.85. The molecule has 160 valence electrons. The van der Waals surface area contributed by atoms with Gasteiger partial charge >= 0.3 is 12.0 Å². The number of nitrogens with zero attached hydrogens (tertiary/aromatic N) is 1. The number of hydrogen-bond donors (Lipinski definition) is 2. The van der Waals surface area contributed by atoms with Crippen LogP contribution in [0.4, 0.5) is 4.79 Å². The number of rotatable bonds is 7. The second-order valence-electron chi connectivity index (χ2n) is 6.72. The Morgan fingerprint density at radius 1 is 1.03 bits per heavy atom. The maximum Gasteiger partial charge on any atom is 0.338 e. The van der Waals surface area contributed by atoms with Crippen molar-refractivity contribution in [2.75, 3.05) is 26.2 Å². The molecule has 2 N–H and O–H groups in total. The molecule has 0 spiro atoms. The van der Waals surface area contributed by atoms with Crippen molar-refractivity contribution in [3.63, 3.8) is 0 Å². The van der Waals surface area contributed by atoms with Gasteiger partial charge in [0.05, 0.1) is 10.5 Å². The van der Waals surface area contributed by atoms with Crippen molar-refractivity contribution < 1.29 is 27.5 Å². The van der Waals surface area contributed by atoms with Crippen LogP contribution in [0.2, 0.25) is 0 Å². The quantitative estimate of drug-likeness (QED) is 0.641. The summed E-state index contributed by atoms with van der Waals surface area (Å²) in [5.41, 5.74) is 0.114. The molecule has 1 fully saturated rings. The highest BCUT2D eigenvalue weighted by Crippen LogP contribution is 2.20. The first-order valence-corrected chi connectivity index (χ1v) is 11.1. The van der Waals surface area contributed by atoms with Crippen LogP contribution in [0.25, 0.3) is 0 Å². The van der Waals surface area contributed by atoms with Crippen molar-refractivity contribution in [3.05, 3.63) is 29.8 Å². The molecule has 0 aromatic heterocycles. The minimum Gasteiger partial charge on any atom is -0.452 e. The Balaban J connectivity index is 1.91. The predicted molar refractivity (Wildman–Crippen MR) is 106 cm³/mol. The molecule has 1 aromatic rings. The van der Waals surface area contributed by atoms with Crippen molar-refractivity contribution in [2.45, 2.75) is 43.9 Å². The van der Waals surface area contributed by atoms with E-state index in [1.54, 1.807) is 0 Å². The number of ether oxygens (including phenoxy) is 1. The van der Waals surface area contributed by atoms with E-state index >= 15 is 0 Å². The average molecular weight is 426 g/mol. The summed E-state index contributed by atoms with van der Waals surface area (Å²) in [6.45, 7) is 2.66. The second kappa shape index (κ2) is 10.9. The summed E-state index contributed by atoms with van der Waals surface area (Å²) in [7, 11) is -3.60. The molecular weight excluding hydrogens is 398 g/mol. The molecule has 0 radical (unpaired) electrons. The topological polar surface area (TPSA) is 122 Å². The standard InChI is InChI=1S/C19H27N3O6S/c1-2-11-20-19(25)21-17(23)14-28-18(24)15-7-9-16(10-8-15)29(26,27)22-12-5-3-4-6-13-22/h7-10H,2-6,11-14H2,1H3,(H2,20,21,23,25). The van der Waals surface area contributed by atoms with Crippen LogP contribution < -0.4 is 10.6 Å². The maximum absolute atomic E-state index is 12.7. The number of benzene rings is 1. The number of sulfonamides is 1. The zero-order valence-electron chi connectivity index (χ0n) is 16.5. The van der Waals surface area contributed by atoms with Gasteiger partial charge in [-0.2, -0.15) is 4.31 Å². The fourth-order valence-corrected chi connectivity index (χ4v) is 4.37. The number of hydrogen-bond acceptors (Lipinski definition) is 6. The van der Waals surface area contributed by atoms with Crippen molar-refractivity contribution in [1.29, 1.82) is 0 Å². The number of carbonyl (C=O) groups is 3. The van der Waals surface area contributed by atoms with Crippen LogP contribution in [0, 0.1) is 0 Å². The van der Waals surface area contributed by atoms with Crippen LogP contribution in [0.1, 0.15) is 49.4 Å². The van der Waals surface area contributed by atoms with Crippen molar-refractivity contribution >= 4 is 27.9 Å². The van der Waals surface area contributed by atoms with E-state index in [-0.39, 0.29) is 10.5 Å². The summed E-state index contributed by atoms with van der Waals surface area (Å²) in [5, 5.41) is 4.50. The molecule has 0 unspecified atom stereocenters. The molecule has 2 rings (SSSR count). The third-order valence-electron chi connectivity index (χ3n) is 4.42. The van der Waals surface area contributed by atoms with Gasteiger partial charge < -0.3 is 10.1 Å². The maximum atomic E-state index is 12.7. The summed E-state index contributed by atoms with van der Waals surface area (Å²) < 4.78 is 31.8. The summed E-state index contributed by atoms with van der Waals surface area (Å²) in [5.74, 6) is -1.54. The van der Waals surface area contributed by atoms with Gasteiger partial charge in [-0.3, -0.25) is 10.1 Å². The summed E-state index contributed by atoms with van der Waals surface area (Å²) in [4.78, 5) is 35.1. The van der Waals surface area contributed by atoms with Gasteiger partial charge in [0.1, 0.15) is 0 Å². The highest BCUT2D eigenvalue weighted by Gasteiger charge is 2.25. The van der Waals surface area contributed by atoms with Crippen LogP contribution in [-0.4, -0.2) is 56.9 Å². The molecule has 1 heterocycles. The van der Waals surface area contributed by atoms with Gasteiger partial charge in [0.25, 0.3) is 5.91 Å². The predicted octanol–water partition coefficient (Wildman–Crippen LogP) is 1.64. The number of imide groups is 1. The van der Waals surface area contributed by atoms with Crippen molar-refractivity contribution in [3.8, 4) is 0 Å². The molecule has 1 saturated heterocycles. The number of urea groups is 1. The molecular formula is C19H27N3O6S. The first-order chi connectivity index (χ1) is 13.8. The number of carbonyl (C=O) groups excluding carboxylic acids is 3. The minimum atomic E-state index is -3.60. The summed E-state index contributed by atoms with van der Waals surface area (Å²) in [6.07, 6.45) is 4.43. The molecule has 9 nitrogen and oxygen atoms in total. The Morgan fingerprint density at radius 3 is 2.24 bits per heavy atom. The lowest BCUT2D eigenvalue weighted by atomic mass is 10.2. The minimum absolute atomic E-state index is 0.112. The van der Waals surface area contributed by atoms with E-state index in [1.807, 2.05) is 12.2 Å². The first-order valence-electron chi connectivity index (χ1n) is 9.69. The molecule has 0 saturated carbocycles. The third-order valence-corrected chi connectivity index (χ3v) is 6.33. The van der Waals surface area contributed by atoms with E-state index in [1.165, 1.54) is 28.6 Å². The zero-order valence-corrected chi connectivity index (χ0v) is 17.3. The van der Waals surface area contributed by atoms with E-state index < -0.39 is 34.5 Å². The first kappa shape index (κ1) is 22.8. The van der Waals surface area contributed by atoms with Crippen molar-refractivity contribution in [2.24, 2.45) is 0 Å². The Kier molecular flexibility index (Phi) is 8.59. The van der Waals surface area contributed by atoms with Crippen LogP contribution in [0.15, 0.2) is 29.2 Å². The number of amides is 3. The Morgan fingerprint density at radius 2 is 1.66 bits per heavy atom. The molecule has 1 aliphatic rings. The Labute approximate surface area is 170 Å². The molecule has 10 heteroatoms. The average Bonchev–Trinajstić information content (AvgIpc) is 3.00. The van der Waals surface area contributed by atoms with E-state index in [0.29, 0.717) is 19.6 Å². The highest BCUT2D eigenvalue weighted by atomic mass is 32.2. The van der Waals surface area contributed by atoms with Gasteiger partial charge in [0.15, 0.2) is 6.61 Å². The summed E-state index contributed by atoms with van der Waals surface area (Å²) in [6, 6.07) is 4.75. The monoisotopic (exact) mass is 425 g/mol. The van der Waals surface area contributed by atoms with Gasteiger partial charge in [-0.15, -0.1) is 0 Å². The molecule has 1 aromatic carbocycles. The van der Waals surface area contributed by atoms with Crippen LogP contribution in [-0.2, 0) is 19.6 Å². The molecule has 3 amide bonds. The van der Waals surface area contributed by atoms with E-state index in [2.05, 4.69) is 5.32 Å². The van der Waals surface area contributed by atoms with Gasteiger partial charge in [-0.25, -0.2) is 18.0 Å². The van der Waals surface area contributed by atoms with Crippen molar-refractivity contribution in [1.82, 2.24) is 14.9 Å². The van der Waals surface area contributed by atoms with Gasteiger partial charge in [-0.1, -0.05) is 19.8 Å².